The monoisotopic (exact) mass is 259 g/mol. The van der Waals surface area contributed by atoms with Gasteiger partial charge in [-0.25, -0.2) is 0 Å². The van der Waals surface area contributed by atoms with Gasteiger partial charge in [-0.3, -0.25) is 0 Å². The summed E-state index contributed by atoms with van der Waals surface area (Å²) < 4.78 is 40.4. The second-order valence-corrected chi connectivity index (χ2v) is 4.70. The van der Waals surface area contributed by atoms with Crippen LogP contribution in [0.4, 0.5) is 13.2 Å². The highest BCUT2D eigenvalue weighted by atomic mass is 19.4. The molecule has 2 unspecified atom stereocenters. The summed E-state index contributed by atoms with van der Waals surface area (Å²) in [7, 11) is 0. The Kier molecular flexibility index (Phi) is 3.80. The normalized spacial score (nSPS) is 24.9. The minimum absolute atomic E-state index is 0.141. The number of hydrogen-bond donors (Lipinski definition) is 1. The van der Waals surface area contributed by atoms with Gasteiger partial charge in [0.05, 0.1) is 0 Å². The third-order valence-corrected chi connectivity index (χ3v) is 3.35. The lowest BCUT2D eigenvalue weighted by molar-refractivity contribution is -0.274. The van der Waals surface area contributed by atoms with E-state index >= 15 is 0 Å². The predicted molar refractivity (Wildman–Crippen MR) is 62.5 cm³/mol. The molecule has 0 radical (unpaired) electrons. The van der Waals surface area contributed by atoms with Gasteiger partial charge in [0.15, 0.2) is 0 Å². The summed E-state index contributed by atoms with van der Waals surface area (Å²) in [5, 5.41) is 3.27. The maximum Gasteiger partial charge on any atom is 0.573 e. The molecule has 1 saturated heterocycles. The van der Waals surface area contributed by atoms with Gasteiger partial charge in [-0.15, -0.1) is 13.2 Å². The third kappa shape index (κ3) is 3.38. The summed E-state index contributed by atoms with van der Waals surface area (Å²) >= 11 is 0. The largest absolute Gasteiger partial charge is 0.573 e. The maximum atomic E-state index is 12.2. The Morgan fingerprint density at radius 1 is 1.33 bits per heavy atom. The van der Waals surface area contributed by atoms with Crippen molar-refractivity contribution >= 4 is 0 Å². The number of hydrogen-bond acceptors (Lipinski definition) is 2. The van der Waals surface area contributed by atoms with Crippen LogP contribution in [0, 0.1) is 5.92 Å². The molecule has 0 amide bonds. The van der Waals surface area contributed by atoms with Crippen LogP contribution in [0.1, 0.15) is 24.8 Å². The Bertz CT molecular complexity index is 405. The first-order valence-corrected chi connectivity index (χ1v) is 6.02. The fourth-order valence-electron chi connectivity index (χ4n) is 2.38. The van der Waals surface area contributed by atoms with Crippen LogP contribution >= 0.6 is 0 Å². The van der Waals surface area contributed by atoms with E-state index in [9.17, 15) is 13.2 Å². The van der Waals surface area contributed by atoms with E-state index in [1.807, 2.05) is 6.07 Å². The SMILES string of the molecule is CC1CCNCC1c1cccc(OC(F)(F)F)c1. The van der Waals surface area contributed by atoms with Gasteiger partial charge in [-0.2, -0.15) is 0 Å². The summed E-state index contributed by atoms with van der Waals surface area (Å²) in [4.78, 5) is 0. The maximum absolute atomic E-state index is 12.2. The Morgan fingerprint density at radius 2 is 2.11 bits per heavy atom. The predicted octanol–water partition coefficient (Wildman–Crippen LogP) is 3.30. The minimum Gasteiger partial charge on any atom is -0.406 e. The summed E-state index contributed by atoms with van der Waals surface area (Å²) in [5.74, 6) is 0.570. The number of piperidine rings is 1. The molecule has 1 aliphatic rings. The minimum atomic E-state index is -4.63. The van der Waals surface area contributed by atoms with Crippen LogP contribution in [0.5, 0.6) is 5.75 Å². The quantitative estimate of drug-likeness (QED) is 0.880. The molecule has 18 heavy (non-hydrogen) atoms. The van der Waals surface area contributed by atoms with E-state index in [-0.39, 0.29) is 11.7 Å². The molecule has 1 heterocycles. The summed E-state index contributed by atoms with van der Waals surface area (Å²) in [6.45, 7) is 3.90. The smallest absolute Gasteiger partial charge is 0.406 e. The zero-order chi connectivity index (χ0) is 13.2. The van der Waals surface area contributed by atoms with Crippen molar-refractivity contribution in [3.05, 3.63) is 29.8 Å². The van der Waals surface area contributed by atoms with Gasteiger partial charge in [0, 0.05) is 6.54 Å². The molecule has 1 aromatic rings. The summed E-state index contributed by atoms with van der Waals surface area (Å²) in [6, 6.07) is 6.29. The molecule has 1 aliphatic heterocycles. The molecule has 5 heteroatoms. The second kappa shape index (κ2) is 5.18. The Morgan fingerprint density at radius 3 is 2.78 bits per heavy atom. The molecule has 100 valence electrons. The first kappa shape index (κ1) is 13.2. The average Bonchev–Trinajstić information content (AvgIpc) is 2.27. The fourth-order valence-corrected chi connectivity index (χ4v) is 2.38. The average molecular weight is 259 g/mol. The summed E-state index contributed by atoms with van der Waals surface area (Å²) in [6.07, 6.45) is -3.59. The highest BCUT2D eigenvalue weighted by Gasteiger charge is 2.31. The van der Waals surface area contributed by atoms with E-state index in [1.165, 1.54) is 12.1 Å². The van der Waals surface area contributed by atoms with Crippen molar-refractivity contribution in [3.63, 3.8) is 0 Å². The van der Waals surface area contributed by atoms with Crippen LogP contribution < -0.4 is 10.1 Å². The first-order chi connectivity index (χ1) is 8.46. The van der Waals surface area contributed by atoms with Crippen LogP contribution in [-0.2, 0) is 0 Å². The molecule has 0 saturated carbocycles. The van der Waals surface area contributed by atoms with Gasteiger partial charge in [-0.1, -0.05) is 19.1 Å². The Hall–Kier alpha value is -1.23. The molecule has 1 fully saturated rings. The van der Waals surface area contributed by atoms with Gasteiger partial charge < -0.3 is 10.1 Å². The standard InChI is InChI=1S/C13H16F3NO/c1-9-5-6-17-8-12(9)10-3-2-4-11(7-10)18-13(14,15)16/h2-4,7,9,12,17H,5-6,8H2,1H3. The van der Waals surface area contributed by atoms with Crippen molar-refractivity contribution in [3.8, 4) is 5.75 Å². The molecule has 0 spiro atoms. The van der Waals surface area contributed by atoms with Crippen molar-refractivity contribution in [1.82, 2.24) is 5.32 Å². The molecule has 2 nitrogen and oxygen atoms in total. The molecule has 2 atom stereocenters. The van der Waals surface area contributed by atoms with Crippen molar-refractivity contribution < 1.29 is 17.9 Å². The van der Waals surface area contributed by atoms with Crippen LogP contribution in [-0.4, -0.2) is 19.5 Å². The lowest BCUT2D eigenvalue weighted by Gasteiger charge is -2.30. The molecule has 0 aromatic heterocycles. The Balaban J connectivity index is 2.16. The molecular weight excluding hydrogens is 243 g/mol. The van der Waals surface area contributed by atoms with E-state index in [0.29, 0.717) is 5.92 Å². The van der Waals surface area contributed by atoms with Crippen molar-refractivity contribution in [1.29, 1.82) is 0 Å². The van der Waals surface area contributed by atoms with Crippen LogP contribution in [0.2, 0.25) is 0 Å². The zero-order valence-corrected chi connectivity index (χ0v) is 10.1. The first-order valence-electron chi connectivity index (χ1n) is 6.02. The molecule has 0 bridgehead atoms. The highest BCUT2D eigenvalue weighted by molar-refractivity contribution is 5.31. The lowest BCUT2D eigenvalue weighted by Crippen LogP contribution is -2.33. The Labute approximate surface area is 104 Å². The van der Waals surface area contributed by atoms with Gasteiger partial charge in [0.1, 0.15) is 5.75 Å². The van der Waals surface area contributed by atoms with Crippen LogP contribution in [0.3, 0.4) is 0 Å². The highest BCUT2D eigenvalue weighted by Crippen LogP contribution is 2.32. The molecule has 1 N–H and O–H groups in total. The lowest BCUT2D eigenvalue weighted by atomic mass is 9.83. The van der Waals surface area contributed by atoms with E-state index in [1.54, 1.807) is 6.07 Å². The van der Waals surface area contributed by atoms with Gasteiger partial charge >= 0.3 is 6.36 Å². The number of ether oxygens (including phenoxy) is 1. The van der Waals surface area contributed by atoms with Crippen molar-refractivity contribution in [2.24, 2.45) is 5.92 Å². The number of rotatable bonds is 2. The van der Waals surface area contributed by atoms with E-state index in [0.717, 1.165) is 25.1 Å². The molecule has 0 aliphatic carbocycles. The third-order valence-electron chi connectivity index (χ3n) is 3.35. The van der Waals surface area contributed by atoms with E-state index in [4.69, 9.17) is 0 Å². The van der Waals surface area contributed by atoms with Crippen LogP contribution in [0.25, 0.3) is 0 Å². The molecule has 2 rings (SSSR count). The van der Waals surface area contributed by atoms with Crippen LogP contribution in [0.15, 0.2) is 24.3 Å². The summed E-state index contributed by atoms with van der Waals surface area (Å²) in [5.41, 5.74) is 0.899. The van der Waals surface area contributed by atoms with E-state index < -0.39 is 6.36 Å². The second-order valence-electron chi connectivity index (χ2n) is 4.70. The number of nitrogens with one attached hydrogen (secondary N) is 1. The zero-order valence-electron chi connectivity index (χ0n) is 10.1. The number of halogens is 3. The van der Waals surface area contributed by atoms with Crippen molar-refractivity contribution in [2.45, 2.75) is 25.6 Å². The number of alkyl halides is 3. The fraction of sp³-hybridized carbons (Fsp3) is 0.538. The van der Waals surface area contributed by atoms with E-state index in [2.05, 4.69) is 17.0 Å². The molecular formula is C13H16F3NO. The van der Waals surface area contributed by atoms with Gasteiger partial charge in [-0.05, 0) is 42.5 Å². The number of benzene rings is 1. The topological polar surface area (TPSA) is 21.3 Å². The van der Waals surface area contributed by atoms with Gasteiger partial charge in [0.25, 0.3) is 0 Å². The van der Waals surface area contributed by atoms with Crippen molar-refractivity contribution in [2.75, 3.05) is 13.1 Å². The molecule has 1 aromatic carbocycles. The van der Waals surface area contributed by atoms with Gasteiger partial charge in [0.2, 0.25) is 0 Å².